The van der Waals surface area contributed by atoms with Crippen molar-refractivity contribution in [2.75, 3.05) is 12.4 Å². The normalized spacial score (nSPS) is 10.0. The third-order valence-corrected chi connectivity index (χ3v) is 4.08. The highest BCUT2D eigenvalue weighted by Gasteiger charge is 2.08. The minimum atomic E-state index is -0.382. The Morgan fingerprint density at radius 2 is 1.85 bits per heavy atom. The first-order chi connectivity index (χ1) is 12.7. The minimum Gasteiger partial charge on any atom is -0.449 e. The number of rotatable bonds is 5. The second-order valence-corrected chi connectivity index (χ2v) is 6.25. The molecule has 0 atom stereocenters. The molecule has 2 aromatic carbocycles. The van der Waals surface area contributed by atoms with E-state index in [4.69, 9.17) is 9.15 Å². The molecule has 1 heterocycles. The Morgan fingerprint density at radius 3 is 2.62 bits per heavy atom. The van der Waals surface area contributed by atoms with Crippen LogP contribution in [0.25, 0.3) is 11.5 Å². The molecule has 0 aliphatic rings. The van der Waals surface area contributed by atoms with Crippen LogP contribution in [0.4, 0.5) is 0 Å². The van der Waals surface area contributed by atoms with E-state index in [9.17, 15) is 4.79 Å². The highest BCUT2D eigenvalue weighted by Crippen LogP contribution is 2.22. The van der Waals surface area contributed by atoms with Crippen molar-refractivity contribution in [3.8, 4) is 23.3 Å². The van der Waals surface area contributed by atoms with Crippen molar-refractivity contribution < 1.29 is 13.9 Å². The second-order valence-electron chi connectivity index (χ2n) is 5.32. The molecule has 0 radical (unpaired) electrons. The third kappa shape index (κ3) is 4.98. The van der Waals surface area contributed by atoms with Gasteiger partial charge in [0.2, 0.25) is 5.89 Å². The lowest BCUT2D eigenvalue weighted by Gasteiger charge is -1.99. The van der Waals surface area contributed by atoms with E-state index in [1.807, 2.05) is 37.3 Å². The lowest BCUT2D eigenvalue weighted by Crippen LogP contribution is -2.04. The molecule has 3 rings (SSSR count). The zero-order valence-corrected chi connectivity index (χ0v) is 15.0. The molecule has 6 heteroatoms. The fourth-order valence-electron chi connectivity index (χ4n) is 2.04. The number of carbonyl (C=O) groups excluding carboxylic acids is 1. The number of hydrogen-bond donors (Lipinski definition) is 0. The van der Waals surface area contributed by atoms with Crippen molar-refractivity contribution in [2.24, 2.45) is 0 Å². The summed E-state index contributed by atoms with van der Waals surface area (Å²) in [5.41, 5.74) is 2.57. The summed E-state index contributed by atoms with van der Waals surface area (Å²) in [5.74, 6) is 6.27. The molecule has 26 heavy (non-hydrogen) atoms. The summed E-state index contributed by atoms with van der Waals surface area (Å²) < 4.78 is 10.7. The van der Waals surface area contributed by atoms with E-state index in [1.54, 1.807) is 24.3 Å². The first-order valence-corrected chi connectivity index (χ1v) is 8.92. The average Bonchev–Trinajstić information content (AvgIpc) is 3.14. The molecule has 0 saturated heterocycles. The summed E-state index contributed by atoms with van der Waals surface area (Å²) in [7, 11) is 0. The third-order valence-electron chi connectivity index (χ3n) is 3.38. The molecule has 0 unspecified atom stereocenters. The fraction of sp³-hybridized carbons (Fsp3) is 0.150. The molecule has 0 saturated carbocycles. The number of aryl methyl sites for hydroxylation is 1. The number of nitrogens with zero attached hydrogens (tertiary/aromatic N) is 2. The Hall–Kier alpha value is -3.04. The standard InChI is InChI=1S/C20H16N2O3S/c1-15-9-11-16(12-10-15)18-21-22-20(25-18)26-14-6-5-13-24-19(23)17-7-3-2-4-8-17/h2-4,7-12H,13-14H2,1H3. The van der Waals surface area contributed by atoms with Crippen molar-refractivity contribution in [3.05, 3.63) is 65.7 Å². The Labute approximate surface area is 155 Å². The van der Waals surface area contributed by atoms with Crippen LogP contribution in [0.3, 0.4) is 0 Å². The van der Waals surface area contributed by atoms with Gasteiger partial charge in [-0.15, -0.1) is 10.2 Å². The molecule has 0 spiro atoms. The van der Waals surface area contributed by atoms with Gasteiger partial charge in [0.1, 0.15) is 0 Å². The molecule has 0 aliphatic heterocycles. The van der Waals surface area contributed by atoms with Crippen LogP contribution in [0.2, 0.25) is 0 Å². The van der Waals surface area contributed by atoms with Crippen LogP contribution >= 0.6 is 11.8 Å². The summed E-state index contributed by atoms with van der Waals surface area (Å²) in [5, 5.41) is 8.48. The van der Waals surface area contributed by atoms with Gasteiger partial charge in [-0.3, -0.25) is 0 Å². The van der Waals surface area contributed by atoms with Gasteiger partial charge in [-0.05, 0) is 31.2 Å². The number of esters is 1. The monoisotopic (exact) mass is 364 g/mol. The molecule has 0 aliphatic carbocycles. The highest BCUT2D eigenvalue weighted by atomic mass is 32.2. The lowest BCUT2D eigenvalue weighted by atomic mass is 10.1. The predicted octanol–water partition coefficient (Wildman–Crippen LogP) is 4.00. The molecule has 0 bridgehead atoms. The molecule has 5 nitrogen and oxygen atoms in total. The zero-order chi connectivity index (χ0) is 18.2. The largest absolute Gasteiger partial charge is 0.449 e. The van der Waals surface area contributed by atoms with Crippen molar-refractivity contribution in [1.29, 1.82) is 0 Å². The van der Waals surface area contributed by atoms with Gasteiger partial charge in [0.25, 0.3) is 5.22 Å². The van der Waals surface area contributed by atoms with Crippen LogP contribution in [-0.4, -0.2) is 28.5 Å². The van der Waals surface area contributed by atoms with Gasteiger partial charge in [0.15, 0.2) is 6.61 Å². The maximum Gasteiger partial charge on any atom is 0.339 e. The van der Waals surface area contributed by atoms with Crippen LogP contribution < -0.4 is 0 Å². The second kappa shape index (κ2) is 8.88. The zero-order valence-electron chi connectivity index (χ0n) is 14.1. The molecular formula is C20H16N2O3S. The van der Waals surface area contributed by atoms with Gasteiger partial charge in [-0.2, -0.15) is 0 Å². The first kappa shape index (κ1) is 17.8. The quantitative estimate of drug-likeness (QED) is 0.387. The van der Waals surface area contributed by atoms with Crippen LogP contribution in [0.15, 0.2) is 64.2 Å². The van der Waals surface area contributed by atoms with Crippen molar-refractivity contribution >= 4 is 17.7 Å². The van der Waals surface area contributed by atoms with Crippen molar-refractivity contribution in [1.82, 2.24) is 10.2 Å². The van der Waals surface area contributed by atoms with Gasteiger partial charge >= 0.3 is 5.97 Å². The van der Waals surface area contributed by atoms with Gasteiger partial charge in [-0.25, -0.2) is 4.79 Å². The van der Waals surface area contributed by atoms with E-state index < -0.39 is 0 Å². The topological polar surface area (TPSA) is 65.2 Å². The van der Waals surface area contributed by atoms with E-state index in [-0.39, 0.29) is 12.6 Å². The van der Waals surface area contributed by atoms with Gasteiger partial charge < -0.3 is 9.15 Å². The molecule has 0 N–H and O–H groups in total. The van der Waals surface area contributed by atoms with Crippen LogP contribution in [0.1, 0.15) is 15.9 Å². The molecule has 0 fully saturated rings. The summed E-state index contributed by atoms with van der Waals surface area (Å²) in [6, 6.07) is 16.7. The lowest BCUT2D eigenvalue weighted by molar-refractivity contribution is 0.0556. The number of hydrogen-bond acceptors (Lipinski definition) is 6. The molecule has 0 amide bonds. The van der Waals surface area contributed by atoms with E-state index >= 15 is 0 Å². The Balaban J connectivity index is 1.44. The SMILES string of the molecule is Cc1ccc(-c2nnc(SCC#CCOC(=O)c3ccccc3)o2)cc1. The average molecular weight is 364 g/mol. The van der Waals surface area contributed by atoms with Crippen LogP contribution in [0.5, 0.6) is 0 Å². The number of benzene rings is 2. The fourth-order valence-corrected chi connectivity index (χ4v) is 2.57. The smallest absolute Gasteiger partial charge is 0.339 e. The van der Waals surface area contributed by atoms with E-state index in [1.165, 1.54) is 17.3 Å². The molecular weight excluding hydrogens is 348 g/mol. The predicted molar refractivity (Wildman–Crippen MR) is 99.7 cm³/mol. The molecule has 1 aromatic heterocycles. The van der Waals surface area contributed by atoms with Crippen LogP contribution in [-0.2, 0) is 4.74 Å². The minimum absolute atomic E-state index is 0.0484. The maximum absolute atomic E-state index is 11.7. The Kier molecular flexibility index (Phi) is 6.07. The van der Waals surface area contributed by atoms with Gasteiger partial charge in [-0.1, -0.05) is 59.5 Å². The molecule has 3 aromatic rings. The highest BCUT2D eigenvalue weighted by molar-refractivity contribution is 7.99. The summed E-state index contributed by atoms with van der Waals surface area (Å²) in [4.78, 5) is 11.7. The van der Waals surface area contributed by atoms with Crippen molar-refractivity contribution in [3.63, 3.8) is 0 Å². The first-order valence-electron chi connectivity index (χ1n) is 7.93. The van der Waals surface area contributed by atoms with Gasteiger partial charge in [0, 0.05) is 5.56 Å². The Morgan fingerprint density at radius 1 is 1.08 bits per heavy atom. The van der Waals surface area contributed by atoms with Crippen molar-refractivity contribution in [2.45, 2.75) is 12.1 Å². The van der Waals surface area contributed by atoms with Crippen LogP contribution in [0, 0.1) is 18.8 Å². The summed E-state index contributed by atoms with van der Waals surface area (Å²) >= 11 is 1.34. The van der Waals surface area contributed by atoms with E-state index in [2.05, 4.69) is 22.0 Å². The van der Waals surface area contributed by atoms with E-state index in [0.29, 0.717) is 22.4 Å². The summed E-state index contributed by atoms with van der Waals surface area (Å²) in [6.07, 6.45) is 0. The maximum atomic E-state index is 11.7. The number of ether oxygens (including phenoxy) is 1. The van der Waals surface area contributed by atoms with E-state index in [0.717, 1.165) is 5.56 Å². The Bertz CT molecular complexity index is 925. The molecule has 130 valence electrons. The number of aromatic nitrogens is 2. The number of carbonyl (C=O) groups is 1. The summed E-state index contributed by atoms with van der Waals surface area (Å²) in [6.45, 7) is 2.07. The van der Waals surface area contributed by atoms with Gasteiger partial charge in [0.05, 0.1) is 11.3 Å². The number of thioether (sulfide) groups is 1.